The van der Waals surface area contributed by atoms with Crippen LogP contribution in [-0.4, -0.2) is 22.0 Å². The van der Waals surface area contributed by atoms with Gasteiger partial charge in [-0.05, 0) is 32.7 Å². The van der Waals surface area contributed by atoms with Crippen molar-refractivity contribution >= 4 is 0 Å². The van der Waals surface area contributed by atoms with E-state index in [0.717, 1.165) is 31.6 Å². The van der Waals surface area contributed by atoms with Crippen molar-refractivity contribution in [2.24, 2.45) is 0 Å². The van der Waals surface area contributed by atoms with Crippen LogP contribution in [-0.2, 0) is 13.1 Å². The quantitative estimate of drug-likeness (QED) is 0.726. The van der Waals surface area contributed by atoms with Gasteiger partial charge in [0.15, 0.2) is 0 Å². The van der Waals surface area contributed by atoms with Crippen LogP contribution in [0.5, 0.6) is 0 Å². The van der Waals surface area contributed by atoms with Crippen LogP contribution in [0.25, 0.3) is 0 Å². The van der Waals surface area contributed by atoms with Crippen LogP contribution in [0, 0.1) is 11.3 Å². The third-order valence-corrected chi connectivity index (χ3v) is 3.06. The molecule has 1 aliphatic rings. The second-order valence-corrected chi connectivity index (χ2v) is 4.56. The minimum Gasteiger partial charge on any atom is -0.314 e. The van der Waals surface area contributed by atoms with E-state index in [1.165, 1.54) is 18.5 Å². The lowest BCUT2D eigenvalue weighted by Gasteiger charge is -2.06. The zero-order valence-electron chi connectivity index (χ0n) is 10.3. The topological polar surface area (TPSA) is 66.5 Å². The second-order valence-electron chi connectivity index (χ2n) is 4.56. The number of aryl methyl sites for hydroxylation is 1. The highest BCUT2D eigenvalue weighted by molar-refractivity contribution is 5.20. The summed E-state index contributed by atoms with van der Waals surface area (Å²) in [7, 11) is 1.93. The van der Waals surface area contributed by atoms with Crippen molar-refractivity contribution in [3.8, 4) is 6.07 Å². The van der Waals surface area contributed by atoms with Gasteiger partial charge in [0.2, 0.25) is 0 Å². The summed E-state index contributed by atoms with van der Waals surface area (Å²) in [4.78, 5) is 0. The maximum atomic E-state index is 8.50. The number of nitriles is 1. The minimum absolute atomic E-state index is 0.636. The van der Waals surface area contributed by atoms with E-state index in [4.69, 9.17) is 5.26 Å². The Labute approximate surface area is 102 Å². The molecule has 0 aromatic carbocycles. The number of nitrogens with zero attached hydrogens (tertiary/aromatic N) is 4. The Morgan fingerprint density at radius 1 is 1.47 bits per heavy atom. The molecule has 1 saturated carbocycles. The molecule has 5 nitrogen and oxygen atoms in total. The van der Waals surface area contributed by atoms with Gasteiger partial charge in [-0.1, -0.05) is 5.21 Å². The van der Waals surface area contributed by atoms with Gasteiger partial charge in [0.05, 0.1) is 17.5 Å². The molecular weight excluding hydrogens is 214 g/mol. The van der Waals surface area contributed by atoms with Crippen molar-refractivity contribution in [1.82, 2.24) is 20.3 Å². The van der Waals surface area contributed by atoms with Crippen LogP contribution in [0.1, 0.15) is 49.4 Å². The summed E-state index contributed by atoms with van der Waals surface area (Å²) >= 11 is 0. The molecule has 17 heavy (non-hydrogen) atoms. The van der Waals surface area contributed by atoms with Gasteiger partial charge in [0, 0.05) is 25.4 Å². The summed E-state index contributed by atoms with van der Waals surface area (Å²) in [6.45, 7) is 1.69. The third kappa shape index (κ3) is 3.04. The highest BCUT2D eigenvalue weighted by Gasteiger charge is 2.30. The van der Waals surface area contributed by atoms with Crippen LogP contribution in [0.15, 0.2) is 0 Å². The van der Waals surface area contributed by atoms with E-state index in [2.05, 4.69) is 21.7 Å². The molecule has 5 heteroatoms. The Morgan fingerprint density at radius 2 is 2.29 bits per heavy atom. The van der Waals surface area contributed by atoms with Crippen molar-refractivity contribution in [3.05, 3.63) is 11.4 Å². The molecule has 0 radical (unpaired) electrons. The first-order chi connectivity index (χ1) is 8.36. The van der Waals surface area contributed by atoms with E-state index < -0.39 is 0 Å². The number of hydrogen-bond donors (Lipinski definition) is 1. The summed E-state index contributed by atoms with van der Waals surface area (Å²) in [6, 6.07) is 2.17. The van der Waals surface area contributed by atoms with Gasteiger partial charge in [-0.15, -0.1) is 5.10 Å². The Morgan fingerprint density at radius 3 is 2.94 bits per heavy atom. The van der Waals surface area contributed by atoms with Crippen LogP contribution in [0.3, 0.4) is 0 Å². The van der Waals surface area contributed by atoms with E-state index in [-0.39, 0.29) is 0 Å². The summed E-state index contributed by atoms with van der Waals surface area (Å²) in [5, 5.41) is 20.1. The summed E-state index contributed by atoms with van der Waals surface area (Å²) < 4.78 is 2.04. The van der Waals surface area contributed by atoms with Crippen molar-refractivity contribution < 1.29 is 0 Å². The predicted molar refractivity (Wildman–Crippen MR) is 64.2 cm³/mol. The first-order valence-corrected chi connectivity index (χ1v) is 6.30. The van der Waals surface area contributed by atoms with Crippen molar-refractivity contribution in [2.75, 3.05) is 7.05 Å². The van der Waals surface area contributed by atoms with Crippen molar-refractivity contribution in [3.63, 3.8) is 0 Å². The standard InChI is InChI=1S/C12H19N5/c1-14-9-11-12(10-5-6-10)17(16-15-11)8-4-2-3-7-13/h10,14H,2-6,8-9H2,1H3. The molecule has 1 heterocycles. The fourth-order valence-corrected chi connectivity index (χ4v) is 2.08. The number of aromatic nitrogens is 3. The number of hydrogen-bond acceptors (Lipinski definition) is 4. The van der Waals surface area contributed by atoms with E-state index in [1.54, 1.807) is 0 Å². The molecule has 2 rings (SSSR count). The number of rotatable bonds is 7. The van der Waals surface area contributed by atoms with E-state index in [1.807, 2.05) is 11.7 Å². The molecule has 1 aromatic rings. The van der Waals surface area contributed by atoms with Gasteiger partial charge in [0.25, 0.3) is 0 Å². The molecule has 1 aliphatic carbocycles. The van der Waals surface area contributed by atoms with Gasteiger partial charge in [0.1, 0.15) is 0 Å². The molecule has 0 bridgehead atoms. The van der Waals surface area contributed by atoms with Gasteiger partial charge < -0.3 is 5.32 Å². The van der Waals surface area contributed by atoms with Crippen molar-refractivity contribution in [1.29, 1.82) is 5.26 Å². The Bertz CT molecular complexity index is 400. The first kappa shape index (κ1) is 12.1. The molecule has 92 valence electrons. The van der Waals surface area contributed by atoms with Gasteiger partial charge in [-0.25, -0.2) is 4.68 Å². The van der Waals surface area contributed by atoms with Gasteiger partial charge in [-0.3, -0.25) is 0 Å². The maximum Gasteiger partial charge on any atom is 0.0999 e. The molecule has 0 saturated heterocycles. The second kappa shape index (κ2) is 5.78. The van der Waals surface area contributed by atoms with E-state index in [0.29, 0.717) is 12.3 Å². The monoisotopic (exact) mass is 233 g/mol. The van der Waals surface area contributed by atoms with Crippen LogP contribution in [0.4, 0.5) is 0 Å². The predicted octanol–water partition coefficient (Wildman–Crippen LogP) is 1.57. The lowest BCUT2D eigenvalue weighted by Crippen LogP contribution is -2.10. The lowest BCUT2D eigenvalue weighted by molar-refractivity contribution is 0.526. The van der Waals surface area contributed by atoms with Crippen LogP contribution >= 0.6 is 0 Å². The summed E-state index contributed by atoms with van der Waals surface area (Å²) in [5.41, 5.74) is 2.41. The smallest absolute Gasteiger partial charge is 0.0999 e. The summed E-state index contributed by atoms with van der Waals surface area (Å²) in [5.74, 6) is 0.671. The first-order valence-electron chi connectivity index (χ1n) is 6.30. The Hall–Kier alpha value is -1.41. The average molecular weight is 233 g/mol. The number of unbranched alkanes of at least 4 members (excludes halogenated alkanes) is 2. The lowest BCUT2D eigenvalue weighted by atomic mass is 10.2. The highest BCUT2D eigenvalue weighted by Crippen LogP contribution is 2.41. The minimum atomic E-state index is 0.636. The van der Waals surface area contributed by atoms with E-state index in [9.17, 15) is 0 Å². The van der Waals surface area contributed by atoms with Gasteiger partial charge in [-0.2, -0.15) is 5.26 Å². The Balaban J connectivity index is 1.98. The highest BCUT2D eigenvalue weighted by atomic mass is 15.4. The zero-order valence-corrected chi connectivity index (χ0v) is 10.3. The van der Waals surface area contributed by atoms with Crippen LogP contribution < -0.4 is 5.32 Å². The van der Waals surface area contributed by atoms with Crippen LogP contribution in [0.2, 0.25) is 0 Å². The molecular formula is C12H19N5. The normalized spacial score (nSPS) is 14.8. The van der Waals surface area contributed by atoms with Gasteiger partial charge >= 0.3 is 0 Å². The fourth-order valence-electron chi connectivity index (χ4n) is 2.08. The molecule has 0 unspecified atom stereocenters. The molecule has 1 N–H and O–H groups in total. The molecule has 0 aliphatic heterocycles. The molecule has 1 fully saturated rings. The third-order valence-electron chi connectivity index (χ3n) is 3.06. The molecule has 0 atom stereocenters. The molecule has 0 amide bonds. The largest absolute Gasteiger partial charge is 0.314 e. The van der Waals surface area contributed by atoms with Crippen molar-refractivity contribution in [2.45, 2.75) is 51.1 Å². The average Bonchev–Trinajstić information content (AvgIpc) is 3.09. The summed E-state index contributed by atoms with van der Waals surface area (Å²) in [6.07, 6.45) is 5.12. The zero-order chi connectivity index (χ0) is 12.1. The van der Waals surface area contributed by atoms with E-state index >= 15 is 0 Å². The maximum absolute atomic E-state index is 8.50. The molecule has 1 aromatic heterocycles. The Kier molecular flexibility index (Phi) is 4.10. The number of nitrogens with one attached hydrogen (secondary N) is 1. The fraction of sp³-hybridized carbons (Fsp3) is 0.750. The molecule has 0 spiro atoms. The SMILES string of the molecule is CNCc1nnn(CCCCC#N)c1C1CC1.